The van der Waals surface area contributed by atoms with Gasteiger partial charge in [-0.05, 0) is 50.1 Å². The molecule has 0 aliphatic heterocycles. The molecule has 0 spiro atoms. The number of nitrogens with zero attached hydrogens (tertiary/aromatic N) is 2. The molecule has 132 valence electrons. The number of aromatic nitrogens is 2. The Morgan fingerprint density at radius 3 is 2.48 bits per heavy atom. The number of carboxylic acids is 1. The van der Waals surface area contributed by atoms with Gasteiger partial charge in [-0.25, -0.2) is 4.68 Å². The van der Waals surface area contributed by atoms with Crippen molar-refractivity contribution in [2.75, 3.05) is 6.54 Å². The zero-order valence-corrected chi connectivity index (χ0v) is 14.9. The van der Waals surface area contributed by atoms with Gasteiger partial charge < -0.3 is 10.4 Å². The minimum absolute atomic E-state index is 0.0678. The van der Waals surface area contributed by atoms with E-state index in [9.17, 15) is 9.59 Å². The molecule has 1 aromatic carbocycles. The second-order valence-electron chi connectivity index (χ2n) is 5.70. The molecule has 2 N–H and O–H groups in total. The number of hydrogen-bond donors (Lipinski definition) is 2. The Balaban J connectivity index is 2.19. The first kappa shape index (κ1) is 18.7. The highest BCUT2D eigenvalue weighted by Crippen LogP contribution is 2.20. The van der Waals surface area contributed by atoms with E-state index in [0.29, 0.717) is 17.0 Å². The average Bonchev–Trinajstić information content (AvgIpc) is 2.85. The number of aliphatic carboxylic acids is 1. The molecule has 0 radical (unpaired) electrons. The monoisotopic (exact) mass is 361 g/mol. The summed E-state index contributed by atoms with van der Waals surface area (Å²) in [7, 11) is 0. The number of halogens is 1. The van der Waals surface area contributed by atoms with E-state index in [1.807, 2.05) is 13.8 Å². The van der Waals surface area contributed by atoms with E-state index in [2.05, 4.69) is 17.0 Å². The van der Waals surface area contributed by atoms with Crippen molar-refractivity contribution in [1.82, 2.24) is 15.1 Å². The molecule has 7 heteroatoms. The number of amides is 1. The maximum atomic E-state index is 12.0. The molecule has 6 nitrogen and oxygen atoms in total. The summed E-state index contributed by atoms with van der Waals surface area (Å²) in [4.78, 5) is 22.8. The Hall–Kier alpha value is -2.60. The molecule has 0 aliphatic rings. The molecule has 0 saturated carbocycles. The van der Waals surface area contributed by atoms with Crippen molar-refractivity contribution in [3.8, 4) is 5.69 Å². The number of carbonyl (C=O) groups excluding carboxylic acids is 1. The van der Waals surface area contributed by atoms with Gasteiger partial charge in [0.05, 0.1) is 17.9 Å². The fraction of sp³-hybridized carbons (Fsp3) is 0.278. The number of nitrogens with one attached hydrogen (secondary N) is 1. The van der Waals surface area contributed by atoms with E-state index in [-0.39, 0.29) is 18.9 Å². The Morgan fingerprint density at radius 2 is 1.92 bits per heavy atom. The third-order valence-electron chi connectivity index (χ3n) is 3.84. The number of carboxylic acid groups (broad SMARTS) is 1. The Bertz CT molecular complexity index is 810. The number of aryl methyl sites for hydroxylation is 1. The van der Waals surface area contributed by atoms with Crippen LogP contribution in [0.25, 0.3) is 5.69 Å². The predicted octanol–water partition coefficient (Wildman–Crippen LogP) is 2.99. The Kier molecular flexibility index (Phi) is 5.98. The normalized spacial score (nSPS) is 10.5. The fourth-order valence-electron chi connectivity index (χ4n) is 2.55. The van der Waals surface area contributed by atoms with Crippen molar-refractivity contribution in [2.24, 2.45) is 0 Å². The summed E-state index contributed by atoms with van der Waals surface area (Å²) < 4.78 is 1.76. The van der Waals surface area contributed by atoms with Gasteiger partial charge in [0, 0.05) is 22.7 Å². The maximum Gasteiger partial charge on any atom is 0.303 e. The molecule has 0 unspecified atom stereocenters. The van der Waals surface area contributed by atoms with Crippen LogP contribution in [0.3, 0.4) is 0 Å². The largest absolute Gasteiger partial charge is 0.481 e. The van der Waals surface area contributed by atoms with Crippen LogP contribution in [0.5, 0.6) is 0 Å². The molecular formula is C18H20ClN3O3. The van der Waals surface area contributed by atoms with Crippen LogP contribution in [0.2, 0.25) is 0 Å². The van der Waals surface area contributed by atoms with E-state index < -0.39 is 5.97 Å². The Labute approximate surface area is 151 Å². The van der Waals surface area contributed by atoms with Gasteiger partial charge >= 0.3 is 5.97 Å². The number of benzene rings is 1. The molecule has 0 saturated heterocycles. The van der Waals surface area contributed by atoms with Crippen LogP contribution in [0.1, 0.15) is 33.7 Å². The van der Waals surface area contributed by atoms with Gasteiger partial charge in [0.15, 0.2) is 0 Å². The van der Waals surface area contributed by atoms with Crippen LogP contribution in [0, 0.1) is 13.8 Å². The molecule has 1 aromatic heterocycles. The van der Waals surface area contributed by atoms with Crippen LogP contribution < -0.4 is 5.32 Å². The molecule has 0 aliphatic carbocycles. The summed E-state index contributed by atoms with van der Waals surface area (Å²) in [5.41, 5.74) is 3.95. The predicted molar refractivity (Wildman–Crippen MR) is 96.3 cm³/mol. The van der Waals surface area contributed by atoms with Crippen LogP contribution in [0.15, 0.2) is 35.9 Å². The molecular weight excluding hydrogens is 342 g/mol. The SMILES string of the molecule is C=C(Cl)CNC(=O)c1ccc(-n2nc(C)c(CCC(=O)O)c2C)cc1. The summed E-state index contributed by atoms with van der Waals surface area (Å²) in [5, 5.41) is 16.4. The summed E-state index contributed by atoms with van der Waals surface area (Å²) >= 11 is 5.64. The lowest BCUT2D eigenvalue weighted by Crippen LogP contribution is -2.24. The second-order valence-corrected chi connectivity index (χ2v) is 6.24. The zero-order chi connectivity index (χ0) is 18.6. The highest BCUT2D eigenvalue weighted by atomic mass is 35.5. The molecule has 2 rings (SSSR count). The van der Waals surface area contributed by atoms with Crippen LogP contribution >= 0.6 is 11.6 Å². The van der Waals surface area contributed by atoms with E-state index in [1.54, 1.807) is 28.9 Å². The van der Waals surface area contributed by atoms with Crippen molar-refractivity contribution in [2.45, 2.75) is 26.7 Å². The summed E-state index contributed by atoms with van der Waals surface area (Å²) in [5.74, 6) is -1.06. The summed E-state index contributed by atoms with van der Waals surface area (Å²) in [6.45, 7) is 7.51. The molecule has 0 atom stereocenters. The first-order valence-corrected chi connectivity index (χ1v) is 8.16. The third kappa shape index (κ3) is 4.70. The first-order valence-electron chi connectivity index (χ1n) is 7.78. The van der Waals surface area contributed by atoms with E-state index >= 15 is 0 Å². The highest BCUT2D eigenvalue weighted by molar-refractivity contribution is 6.29. The van der Waals surface area contributed by atoms with Crippen molar-refractivity contribution in [3.63, 3.8) is 0 Å². The minimum atomic E-state index is -0.832. The quantitative estimate of drug-likeness (QED) is 0.794. The number of rotatable bonds is 7. The lowest BCUT2D eigenvalue weighted by atomic mass is 10.1. The van der Waals surface area contributed by atoms with E-state index in [1.165, 1.54) is 0 Å². The highest BCUT2D eigenvalue weighted by Gasteiger charge is 2.14. The van der Waals surface area contributed by atoms with Gasteiger partial charge in [-0.1, -0.05) is 18.2 Å². The van der Waals surface area contributed by atoms with Crippen molar-refractivity contribution < 1.29 is 14.7 Å². The molecule has 1 heterocycles. The second kappa shape index (κ2) is 7.98. The van der Waals surface area contributed by atoms with Crippen LogP contribution in [-0.2, 0) is 11.2 Å². The van der Waals surface area contributed by atoms with Crippen molar-refractivity contribution >= 4 is 23.5 Å². The summed E-state index contributed by atoms with van der Waals surface area (Å²) in [6.07, 6.45) is 0.508. The van der Waals surface area contributed by atoms with Gasteiger partial charge in [-0.15, -0.1) is 0 Å². The molecule has 0 bridgehead atoms. The van der Waals surface area contributed by atoms with Crippen LogP contribution in [-0.4, -0.2) is 33.3 Å². The zero-order valence-electron chi connectivity index (χ0n) is 14.2. The third-order valence-corrected chi connectivity index (χ3v) is 3.98. The Morgan fingerprint density at radius 1 is 1.28 bits per heavy atom. The smallest absolute Gasteiger partial charge is 0.303 e. The van der Waals surface area contributed by atoms with Gasteiger partial charge in [-0.2, -0.15) is 5.10 Å². The van der Waals surface area contributed by atoms with E-state index in [4.69, 9.17) is 16.7 Å². The average molecular weight is 362 g/mol. The maximum absolute atomic E-state index is 12.0. The van der Waals surface area contributed by atoms with Gasteiger partial charge in [0.25, 0.3) is 5.91 Å². The van der Waals surface area contributed by atoms with E-state index in [0.717, 1.165) is 22.6 Å². The van der Waals surface area contributed by atoms with Gasteiger partial charge in [0.1, 0.15) is 0 Å². The topological polar surface area (TPSA) is 84.2 Å². The minimum Gasteiger partial charge on any atom is -0.481 e. The number of carbonyl (C=O) groups is 2. The van der Waals surface area contributed by atoms with Crippen LogP contribution in [0.4, 0.5) is 0 Å². The molecule has 0 fully saturated rings. The van der Waals surface area contributed by atoms with Crippen molar-refractivity contribution in [1.29, 1.82) is 0 Å². The van der Waals surface area contributed by atoms with Gasteiger partial charge in [-0.3, -0.25) is 9.59 Å². The molecule has 25 heavy (non-hydrogen) atoms. The van der Waals surface area contributed by atoms with Gasteiger partial charge in [0.2, 0.25) is 0 Å². The molecule has 1 amide bonds. The summed E-state index contributed by atoms with van der Waals surface area (Å²) in [6, 6.07) is 7.00. The lowest BCUT2D eigenvalue weighted by Gasteiger charge is -2.07. The standard InChI is InChI=1S/C18H20ClN3O3/c1-11(19)10-20-18(25)14-4-6-15(7-5-14)22-13(3)16(12(2)21-22)8-9-17(23)24/h4-7H,1,8-10H2,2-3H3,(H,20,25)(H,23,24). The number of hydrogen-bond acceptors (Lipinski definition) is 3. The lowest BCUT2D eigenvalue weighted by molar-refractivity contribution is -0.136. The fourth-order valence-corrected chi connectivity index (χ4v) is 2.62. The molecule has 2 aromatic rings. The first-order chi connectivity index (χ1) is 11.8. The van der Waals surface area contributed by atoms with Crippen molar-refractivity contribution in [3.05, 3.63) is 58.4 Å².